The largest absolute Gasteiger partial charge is 0.481 e. The van der Waals surface area contributed by atoms with Crippen molar-refractivity contribution in [3.8, 4) is 6.07 Å². The van der Waals surface area contributed by atoms with Gasteiger partial charge >= 0.3 is 5.97 Å². The van der Waals surface area contributed by atoms with Crippen LogP contribution in [0.5, 0.6) is 0 Å². The van der Waals surface area contributed by atoms with Gasteiger partial charge in [-0.3, -0.25) is 4.79 Å². The Morgan fingerprint density at radius 2 is 2.05 bits per heavy atom. The van der Waals surface area contributed by atoms with E-state index in [-0.39, 0.29) is 6.42 Å². The van der Waals surface area contributed by atoms with Gasteiger partial charge in [0.25, 0.3) is 5.92 Å². The van der Waals surface area contributed by atoms with Crippen molar-refractivity contribution in [2.24, 2.45) is 5.41 Å². The molecule has 20 heavy (non-hydrogen) atoms. The average molecular weight is 341 g/mol. The van der Waals surface area contributed by atoms with Crippen molar-refractivity contribution >= 4 is 45.2 Å². The normalized spacial score (nSPS) is 14.3. The Balaban J connectivity index is 4.61. The molecule has 0 aliphatic carbocycles. The number of carboxylic acid groups (broad SMARTS) is 1. The molecule has 3 nitrogen and oxygen atoms in total. The second-order valence-electron chi connectivity index (χ2n) is 4.43. The maximum absolute atomic E-state index is 14.1. The summed E-state index contributed by atoms with van der Waals surface area (Å²) < 4.78 is 28.6. The van der Waals surface area contributed by atoms with Crippen LogP contribution >= 0.6 is 35.7 Å². The Morgan fingerprint density at radius 3 is 2.50 bits per heavy atom. The zero-order valence-electron chi connectivity index (χ0n) is 11.3. The topological polar surface area (TPSA) is 61.1 Å². The van der Waals surface area contributed by atoms with Gasteiger partial charge in [-0.15, -0.1) is 23.5 Å². The number of hydrogen-bond donors (Lipinski definition) is 1. The fourth-order valence-corrected chi connectivity index (χ4v) is 3.39. The van der Waals surface area contributed by atoms with Crippen LogP contribution in [-0.2, 0) is 4.79 Å². The van der Waals surface area contributed by atoms with Crippen molar-refractivity contribution in [1.82, 2.24) is 0 Å². The summed E-state index contributed by atoms with van der Waals surface area (Å²) in [6, 6.07) is 1.56. The first-order chi connectivity index (χ1) is 9.18. The van der Waals surface area contributed by atoms with Gasteiger partial charge in [-0.25, -0.2) is 8.78 Å². The summed E-state index contributed by atoms with van der Waals surface area (Å²) in [7, 11) is 0. The van der Waals surface area contributed by atoms with E-state index in [1.807, 2.05) is 6.92 Å². The molecule has 0 bridgehead atoms. The van der Waals surface area contributed by atoms with Crippen molar-refractivity contribution in [3.05, 3.63) is 0 Å². The zero-order chi connectivity index (χ0) is 15.8. The van der Waals surface area contributed by atoms with E-state index >= 15 is 0 Å². The molecule has 0 amide bonds. The molecule has 0 radical (unpaired) electrons. The number of rotatable bonds is 8. The number of nitrogens with zero attached hydrogens (tertiary/aromatic N) is 1. The van der Waals surface area contributed by atoms with Crippen LogP contribution < -0.4 is 0 Å². The maximum atomic E-state index is 14.1. The van der Waals surface area contributed by atoms with Gasteiger partial charge in [-0.05, 0) is 25.5 Å². The minimum Gasteiger partial charge on any atom is -0.481 e. The van der Waals surface area contributed by atoms with E-state index < -0.39 is 29.5 Å². The lowest BCUT2D eigenvalue weighted by atomic mass is 9.81. The van der Waals surface area contributed by atoms with E-state index in [2.05, 4.69) is 0 Å². The van der Waals surface area contributed by atoms with Crippen molar-refractivity contribution in [2.75, 3.05) is 11.5 Å². The molecular formula is C12H17F2NO2S3. The highest BCUT2D eigenvalue weighted by molar-refractivity contribution is 8.47. The van der Waals surface area contributed by atoms with Gasteiger partial charge in [0.15, 0.2) is 0 Å². The number of carbonyl (C=O) groups is 1. The highest BCUT2D eigenvalue weighted by atomic mass is 32.2. The van der Waals surface area contributed by atoms with Crippen LogP contribution in [0.3, 0.4) is 0 Å². The van der Waals surface area contributed by atoms with E-state index in [0.29, 0.717) is 3.53 Å². The van der Waals surface area contributed by atoms with Gasteiger partial charge in [-0.2, -0.15) is 5.26 Å². The Hall–Kier alpha value is -0.390. The van der Waals surface area contributed by atoms with Crippen LogP contribution in [0.2, 0.25) is 0 Å². The first kappa shape index (κ1) is 19.6. The van der Waals surface area contributed by atoms with Crippen molar-refractivity contribution in [1.29, 1.82) is 5.26 Å². The molecule has 0 aliphatic rings. The average Bonchev–Trinajstić information content (AvgIpc) is 2.39. The molecule has 1 atom stereocenters. The molecule has 1 N–H and O–H groups in total. The molecule has 0 aromatic rings. The number of aliphatic carboxylic acids is 1. The summed E-state index contributed by atoms with van der Waals surface area (Å²) in [5.74, 6) is -4.32. The lowest BCUT2D eigenvalue weighted by Gasteiger charge is -2.30. The summed E-state index contributed by atoms with van der Waals surface area (Å²) in [5.41, 5.74) is -2.00. The van der Waals surface area contributed by atoms with Crippen LogP contribution in [0.4, 0.5) is 8.78 Å². The number of alkyl halides is 2. The van der Waals surface area contributed by atoms with Gasteiger partial charge in [0.05, 0.1) is 11.8 Å². The molecule has 0 aromatic heterocycles. The van der Waals surface area contributed by atoms with Crippen molar-refractivity contribution < 1.29 is 18.7 Å². The molecule has 8 heteroatoms. The first-order valence-electron chi connectivity index (χ1n) is 5.99. The molecular weight excluding hydrogens is 324 g/mol. The van der Waals surface area contributed by atoms with Crippen molar-refractivity contribution in [3.63, 3.8) is 0 Å². The third-order valence-corrected chi connectivity index (χ3v) is 5.69. The highest BCUT2D eigenvalue weighted by Gasteiger charge is 2.50. The monoisotopic (exact) mass is 341 g/mol. The number of halogens is 2. The van der Waals surface area contributed by atoms with E-state index in [1.54, 1.807) is 6.07 Å². The van der Waals surface area contributed by atoms with Crippen molar-refractivity contribution in [2.45, 2.75) is 39.0 Å². The third-order valence-electron chi connectivity index (χ3n) is 2.69. The smallest absolute Gasteiger partial charge is 0.303 e. The Kier molecular flexibility index (Phi) is 8.63. The summed E-state index contributed by atoms with van der Waals surface area (Å²) in [6.07, 6.45) is 0.0525. The van der Waals surface area contributed by atoms with Gasteiger partial charge in [0.2, 0.25) is 0 Å². The number of nitriles is 1. The van der Waals surface area contributed by atoms with E-state index in [0.717, 1.165) is 30.9 Å². The zero-order valence-corrected chi connectivity index (χ0v) is 13.8. The predicted molar refractivity (Wildman–Crippen MR) is 83.3 cm³/mol. The van der Waals surface area contributed by atoms with Crippen LogP contribution in [0, 0.1) is 16.7 Å². The second-order valence-corrected chi connectivity index (χ2v) is 7.70. The van der Waals surface area contributed by atoms with E-state index in [4.69, 9.17) is 22.6 Å². The predicted octanol–water partition coefficient (Wildman–Crippen LogP) is 4.18. The molecule has 1 unspecified atom stereocenters. The molecule has 0 heterocycles. The summed E-state index contributed by atoms with van der Waals surface area (Å²) in [6.45, 7) is 3.06. The lowest BCUT2D eigenvalue weighted by molar-refractivity contribution is -0.138. The quantitative estimate of drug-likeness (QED) is 0.668. The first-order valence-corrected chi connectivity index (χ1v) is 8.37. The minimum atomic E-state index is -3.29. The Bertz CT molecular complexity index is 399. The standard InChI is InChI=1S/C12H17F2NO2S3/c1-3-6-19-10(18)20-8-12(13,14)11(2,7-15)5-4-9(16)17/h3-6,8H2,1-2H3,(H,16,17). The second kappa shape index (κ2) is 8.80. The molecule has 0 spiro atoms. The SMILES string of the molecule is CCCSC(=S)SCC(F)(F)C(C)(C#N)CCC(=O)O. The van der Waals surface area contributed by atoms with Crippen LogP contribution in [0.25, 0.3) is 0 Å². The molecule has 0 aliphatic heterocycles. The number of thioether (sulfide) groups is 2. The van der Waals surface area contributed by atoms with E-state index in [1.165, 1.54) is 11.8 Å². The maximum Gasteiger partial charge on any atom is 0.303 e. The third kappa shape index (κ3) is 6.37. The van der Waals surface area contributed by atoms with Gasteiger partial charge in [0.1, 0.15) is 8.94 Å². The molecule has 0 fully saturated rings. The van der Waals surface area contributed by atoms with Crippen LogP contribution in [0.15, 0.2) is 0 Å². The Labute approximate surface area is 131 Å². The summed E-state index contributed by atoms with van der Waals surface area (Å²) >= 11 is 7.15. The number of hydrogen-bond acceptors (Lipinski definition) is 5. The Morgan fingerprint density at radius 1 is 1.45 bits per heavy atom. The van der Waals surface area contributed by atoms with Gasteiger partial charge in [0, 0.05) is 6.42 Å². The minimum absolute atomic E-state index is 0.388. The molecule has 0 rings (SSSR count). The van der Waals surface area contributed by atoms with Crippen LogP contribution in [0.1, 0.15) is 33.1 Å². The highest BCUT2D eigenvalue weighted by Crippen LogP contribution is 2.42. The number of carboxylic acids is 1. The molecule has 0 aromatic carbocycles. The number of thiocarbonyl (C=S) groups is 1. The lowest BCUT2D eigenvalue weighted by Crippen LogP contribution is -2.40. The fraction of sp³-hybridized carbons (Fsp3) is 0.750. The molecule has 114 valence electrons. The van der Waals surface area contributed by atoms with Gasteiger partial charge in [-0.1, -0.05) is 19.1 Å². The summed E-state index contributed by atoms with van der Waals surface area (Å²) in [5, 5.41) is 17.5. The summed E-state index contributed by atoms with van der Waals surface area (Å²) in [4.78, 5) is 10.5. The van der Waals surface area contributed by atoms with E-state index in [9.17, 15) is 13.6 Å². The van der Waals surface area contributed by atoms with Crippen LogP contribution in [-0.4, -0.2) is 32.0 Å². The van der Waals surface area contributed by atoms with Gasteiger partial charge < -0.3 is 5.11 Å². The fourth-order valence-electron chi connectivity index (χ4n) is 1.21. The molecule has 0 saturated carbocycles. The molecule has 0 saturated heterocycles.